The van der Waals surface area contributed by atoms with Crippen LogP contribution in [0.5, 0.6) is 5.75 Å². The number of carbonyl (C=O) groups is 1. The fraction of sp³-hybridized carbons (Fsp3) is 0.650. The third-order valence-electron chi connectivity index (χ3n) is 4.28. The predicted molar refractivity (Wildman–Crippen MR) is 92.2 cm³/mol. The number of aromatic hydroxyl groups is 1. The summed E-state index contributed by atoms with van der Waals surface area (Å²) >= 11 is 0. The SMILES string of the molecule is O=C([O-])CCCCCCCCCCCCCc1ccc(O)cc1.[Na+]. The molecule has 0 aliphatic heterocycles. The first-order chi connectivity index (χ1) is 11.2. The van der Waals surface area contributed by atoms with Crippen LogP contribution in [0.1, 0.15) is 82.6 Å². The van der Waals surface area contributed by atoms with Crippen LogP contribution in [0.15, 0.2) is 24.3 Å². The second kappa shape index (κ2) is 16.0. The van der Waals surface area contributed by atoms with Crippen LogP contribution in [0.2, 0.25) is 0 Å². The first-order valence-electron chi connectivity index (χ1n) is 9.16. The molecule has 0 spiro atoms. The van der Waals surface area contributed by atoms with Gasteiger partial charge in [-0.15, -0.1) is 0 Å². The Labute approximate surface area is 169 Å². The molecule has 1 aromatic carbocycles. The van der Waals surface area contributed by atoms with Gasteiger partial charge in [0.25, 0.3) is 0 Å². The number of carbonyl (C=O) groups excluding carboxylic acids is 1. The van der Waals surface area contributed by atoms with E-state index in [0.29, 0.717) is 5.75 Å². The summed E-state index contributed by atoms with van der Waals surface area (Å²) < 4.78 is 0. The number of aryl methyl sites for hydroxylation is 1. The Morgan fingerprint density at radius 2 is 1.17 bits per heavy atom. The molecule has 1 rings (SSSR count). The molecule has 0 aliphatic rings. The number of benzene rings is 1. The Kier molecular flexibility index (Phi) is 15.6. The molecular weight excluding hydrogens is 311 g/mol. The van der Waals surface area contributed by atoms with Gasteiger partial charge in [-0.2, -0.15) is 0 Å². The van der Waals surface area contributed by atoms with Crippen LogP contribution >= 0.6 is 0 Å². The molecule has 0 unspecified atom stereocenters. The van der Waals surface area contributed by atoms with Crippen LogP contribution < -0.4 is 34.7 Å². The maximum Gasteiger partial charge on any atom is 1.00 e. The summed E-state index contributed by atoms with van der Waals surface area (Å²) in [5.41, 5.74) is 1.31. The van der Waals surface area contributed by atoms with Gasteiger partial charge in [0, 0.05) is 5.97 Å². The normalized spacial score (nSPS) is 10.3. The molecule has 0 heterocycles. The van der Waals surface area contributed by atoms with E-state index in [-0.39, 0.29) is 36.0 Å². The Morgan fingerprint density at radius 1 is 0.750 bits per heavy atom. The Balaban J connectivity index is 0.00000529. The fourth-order valence-electron chi connectivity index (χ4n) is 2.85. The summed E-state index contributed by atoms with van der Waals surface area (Å²) in [4.78, 5) is 10.3. The fourth-order valence-corrected chi connectivity index (χ4v) is 2.85. The molecule has 3 nitrogen and oxygen atoms in total. The number of carboxylic acids is 1. The summed E-state index contributed by atoms with van der Waals surface area (Å²) in [7, 11) is 0. The molecule has 0 saturated heterocycles. The minimum absolute atomic E-state index is 0. The Hall–Kier alpha value is -0.510. The molecule has 0 aromatic heterocycles. The molecular formula is C20H31NaO3. The van der Waals surface area contributed by atoms with Gasteiger partial charge < -0.3 is 15.0 Å². The molecule has 0 atom stereocenters. The van der Waals surface area contributed by atoms with Crippen molar-refractivity contribution in [2.24, 2.45) is 0 Å². The van der Waals surface area contributed by atoms with Gasteiger partial charge in [-0.25, -0.2) is 0 Å². The van der Waals surface area contributed by atoms with E-state index < -0.39 is 5.97 Å². The van der Waals surface area contributed by atoms with Crippen LogP contribution in [0.25, 0.3) is 0 Å². The standard InChI is InChI=1S/C20H32O3.Na/c21-19-16-14-18(15-17-19)12-10-8-6-4-2-1-3-5-7-9-11-13-20(22)23;/h14-17,21H,1-13H2,(H,22,23);/q;+1/p-1. The van der Waals surface area contributed by atoms with Gasteiger partial charge >= 0.3 is 29.6 Å². The number of hydrogen-bond donors (Lipinski definition) is 1. The minimum Gasteiger partial charge on any atom is -0.550 e. The smallest absolute Gasteiger partial charge is 0.550 e. The number of hydrogen-bond acceptors (Lipinski definition) is 3. The van der Waals surface area contributed by atoms with E-state index in [1.807, 2.05) is 12.1 Å². The van der Waals surface area contributed by atoms with E-state index in [2.05, 4.69) is 0 Å². The van der Waals surface area contributed by atoms with E-state index in [9.17, 15) is 15.0 Å². The molecule has 0 radical (unpaired) electrons. The summed E-state index contributed by atoms with van der Waals surface area (Å²) in [5.74, 6) is -0.581. The van der Waals surface area contributed by atoms with Crippen LogP contribution in [-0.4, -0.2) is 11.1 Å². The van der Waals surface area contributed by atoms with Crippen LogP contribution in [0.3, 0.4) is 0 Å². The zero-order chi connectivity index (χ0) is 16.8. The average Bonchev–Trinajstić information content (AvgIpc) is 2.53. The van der Waals surface area contributed by atoms with E-state index >= 15 is 0 Å². The molecule has 0 aliphatic carbocycles. The van der Waals surface area contributed by atoms with Gasteiger partial charge in [-0.3, -0.25) is 0 Å². The Morgan fingerprint density at radius 3 is 1.62 bits per heavy atom. The second-order valence-electron chi connectivity index (χ2n) is 6.43. The molecule has 0 amide bonds. The zero-order valence-corrected chi connectivity index (χ0v) is 17.3. The maximum atomic E-state index is 10.3. The predicted octanol–water partition coefficient (Wildman–Crippen LogP) is 1.37. The van der Waals surface area contributed by atoms with Crippen molar-refractivity contribution < 1.29 is 44.6 Å². The van der Waals surface area contributed by atoms with Crippen LogP contribution in [0, 0.1) is 0 Å². The summed E-state index contributed by atoms with van der Waals surface area (Å²) in [6, 6.07) is 7.52. The average molecular weight is 342 g/mol. The second-order valence-corrected chi connectivity index (χ2v) is 6.43. The Bertz CT molecular complexity index is 417. The van der Waals surface area contributed by atoms with Crippen molar-refractivity contribution in [3.63, 3.8) is 0 Å². The molecule has 0 bridgehead atoms. The van der Waals surface area contributed by atoms with E-state index in [1.165, 1.54) is 56.9 Å². The van der Waals surface area contributed by atoms with Gasteiger partial charge in [-0.1, -0.05) is 69.9 Å². The molecule has 1 aromatic rings. The number of aliphatic carboxylic acids is 1. The summed E-state index contributed by atoms with van der Waals surface area (Å²) in [5, 5.41) is 19.5. The number of carboxylic acid groups (broad SMARTS) is 1. The van der Waals surface area contributed by atoms with Crippen LogP contribution in [0.4, 0.5) is 0 Å². The maximum absolute atomic E-state index is 10.3. The molecule has 0 fully saturated rings. The van der Waals surface area contributed by atoms with E-state index in [1.54, 1.807) is 12.1 Å². The van der Waals surface area contributed by atoms with Gasteiger partial charge in [0.05, 0.1) is 0 Å². The molecule has 24 heavy (non-hydrogen) atoms. The summed E-state index contributed by atoms with van der Waals surface area (Å²) in [6.07, 6.45) is 14.5. The van der Waals surface area contributed by atoms with Crippen molar-refractivity contribution >= 4 is 5.97 Å². The topological polar surface area (TPSA) is 60.4 Å². The van der Waals surface area contributed by atoms with Crippen molar-refractivity contribution in [2.75, 3.05) is 0 Å². The van der Waals surface area contributed by atoms with E-state index in [4.69, 9.17) is 0 Å². The number of unbranched alkanes of at least 4 members (excludes halogenated alkanes) is 10. The third kappa shape index (κ3) is 13.9. The monoisotopic (exact) mass is 342 g/mol. The minimum atomic E-state index is -0.921. The number of phenols is 1. The van der Waals surface area contributed by atoms with Gasteiger partial charge in [0.15, 0.2) is 0 Å². The van der Waals surface area contributed by atoms with Crippen molar-refractivity contribution in [1.82, 2.24) is 0 Å². The quantitative estimate of drug-likeness (QED) is 0.410. The summed E-state index contributed by atoms with van der Waals surface area (Å²) in [6.45, 7) is 0. The van der Waals surface area contributed by atoms with Crippen LogP contribution in [-0.2, 0) is 11.2 Å². The van der Waals surface area contributed by atoms with Gasteiger partial charge in [-0.05, 0) is 43.4 Å². The van der Waals surface area contributed by atoms with Crippen molar-refractivity contribution in [1.29, 1.82) is 0 Å². The van der Waals surface area contributed by atoms with Crippen molar-refractivity contribution in [3.8, 4) is 5.75 Å². The molecule has 4 heteroatoms. The van der Waals surface area contributed by atoms with Gasteiger partial charge in [0.2, 0.25) is 0 Å². The van der Waals surface area contributed by atoms with Gasteiger partial charge in [0.1, 0.15) is 5.75 Å². The molecule has 1 N–H and O–H groups in total. The largest absolute Gasteiger partial charge is 1.00 e. The number of rotatable bonds is 14. The third-order valence-corrected chi connectivity index (χ3v) is 4.28. The van der Waals surface area contributed by atoms with Crippen molar-refractivity contribution in [2.45, 2.75) is 83.5 Å². The first-order valence-corrected chi connectivity index (χ1v) is 9.16. The zero-order valence-electron chi connectivity index (χ0n) is 15.3. The van der Waals surface area contributed by atoms with Crippen molar-refractivity contribution in [3.05, 3.63) is 29.8 Å². The first kappa shape index (κ1) is 23.5. The van der Waals surface area contributed by atoms with E-state index in [0.717, 1.165) is 25.7 Å². The molecule has 130 valence electrons. The molecule has 0 saturated carbocycles. The number of phenolic OH excluding ortho intramolecular Hbond substituents is 1.